The van der Waals surface area contributed by atoms with E-state index in [4.69, 9.17) is 4.74 Å². The Labute approximate surface area is 160 Å². The monoisotopic (exact) mass is 414 g/mol. The molecule has 0 bridgehead atoms. The number of ether oxygens (including phenoxy) is 1. The minimum atomic E-state index is -4.30. The van der Waals surface area contributed by atoms with Crippen LogP contribution < -0.4 is 13.8 Å². The molecule has 1 aliphatic rings. The Kier molecular flexibility index (Phi) is 5.33. The van der Waals surface area contributed by atoms with Gasteiger partial charge >= 0.3 is 10.2 Å². The molecule has 1 fully saturated rings. The van der Waals surface area contributed by atoms with Crippen LogP contribution in [0.25, 0.3) is 10.8 Å². The van der Waals surface area contributed by atoms with Crippen molar-refractivity contribution >= 4 is 32.6 Å². The van der Waals surface area contributed by atoms with Crippen molar-refractivity contribution in [3.8, 4) is 11.5 Å². The van der Waals surface area contributed by atoms with Crippen LogP contribution in [-0.4, -0.2) is 55.0 Å². The summed E-state index contributed by atoms with van der Waals surface area (Å²) in [7, 11) is -4.30. The van der Waals surface area contributed by atoms with Crippen molar-refractivity contribution in [3.05, 3.63) is 30.1 Å². The van der Waals surface area contributed by atoms with Gasteiger partial charge in [-0.3, -0.25) is 4.79 Å². The molecule has 0 radical (unpaired) electrons. The Hall–Kier alpha value is -2.63. The van der Waals surface area contributed by atoms with E-state index in [0.29, 0.717) is 4.31 Å². The van der Waals surface area contributed by atoms with Gasteiger partial charge in [-0.15, -0.1) is 0 Å². The predicted molar refractivity (Wildman–Crippen MR) is 97.8 cm³/mol. The third kappa shape index (κ3) is 3.96. The Morgan fingerprint density at radius 3 is 2.64 bits per heavy atom. The quantitative estimate of drug-likeness (QED) is 0.536. The maximum Gasteiger partial charge on any atom is 0.326 e. The Morgan fingerprint density at radius 1 is 1.32 bits per heavy atom. The summed E-state index contributed by atoms with van der Waals surface area (Å²) in [4.78, 5) is 11.4. The first-order valence-electron chi connectivity index (χ1n) is 8.36. The highest BCUT2D eigenvalue weighted by atomic mass is 32.2. The van der Waals surface area contributed by atoms with Gasteiger partial charge in [0.15, 0.2) is 5.82 Å². The normalized spacial score (nSPS) is 18.1. The second-order valence-corrected chi connectivity index (χ2v) is 8.12. The number of nitrogens with zero attached hydrogens (tertiary/aromatic N) is 1. The van der Waals surface area contributed by atoms with Gasteiger partial charge in [-0.05, 0) is 30.5 Å². The minimum Gasteiger partial charge on any atom is -0.506 e. The van der Waals surface area contributed by atoms with Crippen molar-refractivity contribution in [2.75, 3.05) is 17.5 Å². The Bertz CT molecular complexity index is 1030. The molecule has 0 spiro atoms. The maximum atomic E-state index is 15.1. The van der Waals surface area contributed by atoms with E-state index >= 15 is 4.39 Å². The van der Waals surface area contributed by atoms with Crippen LogP contribution in [0.15, 0.2) is 24.3 Å². The highest BCUT2D eigenvalue weighted by Gasteiger charge is 2.37. The second-order valence-electron chi connectivity index (χ2n) is 6.53. The number of fused-ring (bicyclic) bond motifs is 1. The van der Waals surface area contributed by atoms with Gasteiger partial charge in [0.1, 0.15) is 30.3 Å². The molecule has 1 saturated heterocycles. The van der Waals surface area contributed by atoms with E-state index in [0.717, 1.165) is 0 Å². The number of anilines is 1. The SMILES string of the molecule is CC(O)CC(O)COc1ccc2cc(O)c(N3CC(=O)NS3(=O)=O)c(F)c2c1. The highest BCUT2D eigenvalue weighted by molar-refractivity contribution is 7.92. The third-order valence-corrected chi connectivity index (χ3v) is 5.51. The fourth-order valence-corrected chi connectivity index (χ4v) is 4.10. The number of aliphatic hydroxyl groups is 2. The standard InChI is InChI=1S/C17H19FN2O7S/c1-9(21)4-11(22)8-27-12-3-2-10-5-14(23)17(16(18)13(10)6-12)20-7-15(24)19-28(20,25)26/h2-3,5-6,9,11,21-23H,4,7-8H2,1H3,(H,19,24). The first kappa shape index (κ1) is 20.1. The molecule has 0 aromatic heterocycles. The zero-order valence-electron chi connectivity index (χ0n) is 14.8. The number of benzene rings is 2. The molecule has 28 heavy (non-hydrogen) atoms. The number of carbonyl (C=O) groups excluding carboxylic acids is 1. The molecule has 11 heteroatoms. The van der Waals surface area contributed by atoms with Gasteiger partial charge < -0.3 is 20.1 Å². The van der Waals surface area contributed by atoms with Crippen LogP contribution in [0.1, 0.15) is 13.3 Å². The summed E-state index contributed by atoms with van der Waals surface area (Å²) in [6, 6.07) is 5.42. The van der Waals surface area contributed by atoms with Crippen LogP contribution in [-0.2, 0) is 15.0 Å². The molecule has 0 aliphatic carbocycles. The fraction of sp³-hybridized carbons (Fsp3) is 0.353. The molecule has 4 N–H and O–H groups in total. The Morgan fingerprint density at radius 2 is 2.04 bits per heavy atom. The van der Waals surface area contributed by atoms with Gasteiger partial charge in [-0.1, -0.05) is 6.07 Å². The molecular weight excluding hydrogens is 395 g/mol. The summed E-state index contributed by atoms with van der Waals surface area (Å²) in [5, 5.41) is 29.4. The van der Waals surface area contributed by atoms with Crippen molar-refractivity contribution < 1.29 is 37.7 Å². The van der Waals surface area contributed by atoms with Crippen LogP contribution >= 0.6 is 0 Å². The summed E-state index contributed by atoms with van der Waals surface area (Å²) in [5.41, 5.74) is -0.642. The van der Waals surface area contributed by atoms with Gasteiger partial charge in [0.25, 0.3) is 5.91 Å². The Balaban J connectivity index is 1.96. The lowest BCUT2D eigenvalue weighted by Crippen LogP contribution is -2.30. The number of hydrogen-bond donors (Lipinski definition) is 4. The molecule has 1 aliphatic heterocycles. The molecule has 2 aromatic rings. The first-order chi connectivity index (χ1) is 13.1. The lowest BCUT2D eigenvalue weighted by molar-refractivity contribution is -0.117. The summed E-state index contributed by atoms with van der Waals surface area (Å²) >= 11 is 0. The lowest BCUT2D eigenvalue weighted by Gasteiger charge is -2.19. The van der Waals surface area contributed by atoms with E-state index in [9.17, 15) is 28.5 Å². The fourth-order valence-electron chi connectivity index (χ4n) is 2.93. The van der Waals surface area contributed by atoms with Crippen molar-refractivity contribution in [3.63, 3.8) is 0 Å². The summed E-state index contributed by atoms with van der Waals surface area (Å²) in [5.74, 6) is -2.31. The van der Waals surface area contributed by atoms with Crippen molar-refractivity contribution in [2.45, 2.75) is 25.6 Å². The van der Waals surface area contributed by atoms with Gasteiger partial charge in [-0.25, -0.2) is 13.4 Å². The number of aliphatic hydroxyl groups excluding tert-OH is 2. The smallest absolute Gasteiger partial charge is 0.326 e. The van der Waals surface area contributed by atoms with E-state index in [2.05, 4.69) is 0 Å². The van der Waals surface area contributed by atoms with E-state index in [1.54, 1.807) is 4.72 Å². The lowest BCUT2D eigenvalue weighted by atomic mass is 10.1. The van der Waals surface area contributed by atoms with Crippen molar-refractivity contribution in [2.24, 2.45) is 0 Å². The minimum absolute atomic E-state index is 0.0372. The van der Waals surface area contributed by atoms with Crippen molar-refractivity contribution in [1.29, 1.82) is 0 Å². The van der Waals surface area contributed by atoms with Crippen molar-refractivity contribution in [1.82, 2.24) is 4.72 Å². The molecule has 3 rings (SSSR count). The van der Waals surface area contributed by atoms with Gasteiger partial charge in [0, 0.05) is 11.8 Å². The predicted octanol–water partition coefficient (Wildman–Crippen LogP) is 0.376. The van der Waals surface area contributed by atoms with Gasteiger partial charge in [0.05, 0.1) is 12.2 Å². The van der Waals surface area contributed by atoms with E-state index < -0.39 is 52.1 Å². The topological polar surface area (TPSA) is 136 Å². The average molecular weight is 414 g/mol. The van der Waals surface area contributed by atoms with Gasteiger partial charge in [-0.2, -0.15) is 8.42 Å². The van der Waals surface area contributed by atoms with Crippen LogP contribution in [0.5, 0.6) is 11.5 Å². The molecule has 2 unspecified atom stereocenters. The second kappa shape index (κ2) is 7.41. The zero-order valence-corrected chi connectivity index (χ0v) is 15.6. The third-order valence-electron chi connectivity index (χ3n) is 4.13. The molecule has 1 amide bonds. The zero-order chi connectivity index (χ0) is 20.6. The number of halogens is 1. The number of amides is 1. The van der Waals surface area contributed by atoms with Crippen LogP contribution in [0.3, 0.4) is 0 Å². The number of hydrogen-bond acceptors (Lipinski definition) is 7. The molecule has 9 nitrogen and oxygen atoms in total. The molecule has 1 heterocycles. The summed E-state index contributed by atoms with van der Waals surface area (Å²) in [6.45, 7) is 0.733. The summed E-state index contributed by atoms with van der Waals surface area (Å²) < 4.78 is 46.6. The average Bonchev–Trinajstić information content (AvgIpc) is 2.85. The molecule has 0 saturated carbocycles. The molecule has 152 valence electrons. The number of carbonyl (C=O) groups is 1. The summed E-state index contributed by atoms with van der Waals surface area (Å²) in [6.07, 6.45) is -1.53. The molecular formula is C17H19FN2O7S. The molecule has 2 atom stereocenters. The number of rotatable bonds is 6. The van der Waals surface area contributed by atoms with Crippen LogP contribution in [0.2, 0.25) is 0 Å². The van der Waals surface area contributed by atoms with E-state index in [1.807, 2.05) is 0 Å². The number of aromatic hydroxyl groups is 1. The van der Waals surface area contributed by atoms with Gasteiger partial charge in [0.2, 0.25) is 0 Å². The van der Waals surface area contributed by atoms with Crippen LogP contribution in [0, 0.1) is 5.82 Å². The number of phenolic OH excluding ortho intramolecular Hbond substituents is 1. The van der Waals surface area contributed by atoms with Crippen LogP contribution in [0.4, 0.5) is 10.1 Å². The maximum absolute atomic E-state index is 15.1. The molecule has 2 aromatic carbocycles. The van der Waals surface area contributed by atoms with E-state index in [1.165, 1.54) is 31.2 Å². The number of nitrogens with one attached hydrogen (secondary N) is 1. The first-order valence-corrected chi connectivity index (χ1v) is 9.80. The largest absolute Gasteiger partial charge is 0.506 e. The van der Waals surface area contributed by atoms with E-state index in [-0.39, 0.29) is 29.5 Å². The highest BCUT2D eigenvalue weighted by Crippen LogP contribution is 2.39. The number of phenols is 1.